The molecule has 0 fully saturated rings. The molecule has 0 aliphatic rings. The summed E-state index contributed by atoms with van der Waals surface area (Å²) in [5.74, 6) is 1.14. The van der Waals surface area contributed by atoms with Gasteiger partial charge in [0.05, 0.1) is 11.6 Å². The first kappa shape index (κ1) is 20.6. The van der Waals surface area contributed by atoms with E-state index in [0.29, 0.717) is 29.9 Å². The van der Waals surface area contributed by atoms with Gasteiger partial charge in [-0.05, 0) is 29.7 Å². The summed E-state index contributed by atoms with van der Waals surface area (Å²) in [6.45, 7) is 3.87. The van der Waals surface area contributed by atoms with Gasteiger partial charge in [-0.15, -0.1) is 24.0 Å². The van der Waals surface area contributed by atoms with Crippen LogP contribution in [0.5, 0.6) is 5.75 Å². The lowest BCUT2D eigenvalue weighted by Crippen LogP contribution is -2.32. The van der Waals surface area contributed by atoms with Gasteiger partial charge < -0.3 is 15.8 Å². The Labute approximate surface area is 165 Å². The Morgan fingerprint density at radius 1 is 1.12 bits per heavy atom. The van der Waals surface area contributed by atoms with Crippen LogP contribution in [-0.2, 0) is 13.2 Å². The van der Waals surface area contributed by atoms with Crippen LogP contribution in [-0.4, -0.2) is 12.5 Å². The van der Waals surface area contributed by atoms with E-state index in [0.717, 1.165) is 24.1 Å². The summed E-state index contributed by atoms with van der Waals surface area (Å²) >= 11 is 6.11. The van der Waals surface area contributed by atoms with Gasteiger partial charge in [0.25, 0.3) is 0 Å². The molecule has 2 rings (SSSR count). The Balaban J connectivity index is 0.00000288. The van der Waals surface area contributed by atoms with Crippen LogP contribution in [0.15, 0.2) is 53.5 Å². The largest absolute Gasteiger partial charge is 0.487 e. The van der Waals surface area contributed by atoms with Crippen molar-refractivity contribution in [2.24, 2.45) is 10.7 Å². The molecule has 0 atom stereocenters. The maximum Gasteiger partial charge on any atom is 0.188 e. The predicted molar refractivity (Wildman–Crippen MR) is 111 cm³/mol. The lowest BCUT2D eigenvalue weighted by molar-refractivity contribution is 0.305. The molecule has 0 aliphatic heterocycles. The predicted octanol–water partition coefficient (Wildman–Crippen LogP) is 4.35. The van der Waals surface area contributed by atoms with Crippen LogP contribution in [0, 0.1) is 0 Å². The van der Waals surface area contributed by atoms with E-state index in [1.807, 2.05) is 48.5 Å². The van der Waals surface area contributed by atoms with Crippen molar-refractivity contribution in [1.29, 1.82) is 0 Å². The monoisotopic (exact) mass is 459 g/mol. The molecule has 24 heavy (non-hydrogen) atoms. The summed E-state index contributed by atoms with van der Waals surface area (Å²) in [6, 6.07) is 15.5. The van der Waals surface area contributed by atoms with E-state index in [1.165, 1.54) is 0 Å². The number of halogens is 2. The zero-order valence-corrected chi connectivity index (χ0v) is 16.8. The number of guanidine groups is 1. The van der Waals surface area contributed by atoms with E-state index in [-0.39, 0.29) is 24.0 Å². The highest BCUT2D eigenvalue weighted by Gasteiger charge is 2.05. The van der Waals surface area contributed by atoms with Crippen molar-refractivity contribution >= 4 is 41.5 Å². The van der Waals surface area contributed by atoms with Crippen molar-refractivity contribution in [2.45, 2.75) is 26.5 Å². The summed E-state index contributed by atoms with van der Waals surface area (Å²) < 4.78 is 5.81. The highest BCUT2D eigenvalue weighted by molar-refractivity contribution is 14.0. The second-order valence-corrected chi connectivity index (χ2v) is 5.52. The molecule has 0 saturated heterocycles. The molecular formula is C18H23ClIN3O. The summed E-state index contributed by atoms with van der Waals surface area (Å²) in [5, 5.41) is 3.67. The minimum absolute atomic E-state index is 0. The zero-order chi connectivity index (χ0) is 16.5. The summed E-state index contributed by atoms with van der Waals surface area (Å²) in [5.41, 5.74) is 7.99. The van der Waals surface area contributed by atoms with Crippen molar-refractivity contribution in [3.05, 3.63) is 64.7 Å². The fraction of sp³-hybridized carbons (Fsp3) is 0.278. The molecule has 0 saturated carbocycles. The Bertz CT molecular complexity index is 664. The topological polar surface area (TPSA) is 59.6 Å². The number of rotatable bonds is 7. The average Bonchev–Trinajstić information content (AvgIpc) is 2.58. The van der Waals surface area contributed by atoms with Gasteiger partial charge in [0.1, 0.15) is 12.4 Å². The lowest BCUT2D eigenvalue weighted by atomic mass is 10.1. The van der Waals surface area contributed by atoms with Crippen LogP contribution in [0.25, 0.3) is 0 Å². The summed E-state index contributed by atoms with van der Waals surface area (Å²) in [6.07, 6.45) is 1.01. The van der Waals surface area contributed by atoms with Gasteiger partial charge >= 0.3 is 0 Å². The minimum Gasteiger partial charge on any atom is -0.487 e. The smallest absolute Gasteiger partial charge is 0.188 e. The van der Waals surface area contributed by atoms with Crippen LogP contribution in [0.2, 0.25) is 5.02 Å². The van der Waals surface area contributed by atoms with Gasteiger partial charge in [-0.3, -0.25) is 0 Å². The third-order valence-corrected chi connectivity index (χ3v) is 3.63. The number of nitrogens with one attached hydrogen (secondary N) is 1. The van der Waals surface area contributed by atoms with E-state index < -0.39 is 0 Å². The Morgan fingerprint density at radius 2 is 1.79 bits per heavy atom. The zero-order valence-electron chi connectivity index (χ0n) is 13.7. The fourth-order valence-electron chi connectivity index (χ4n) is 2.05. The number of benzene rings is 2. The van der Waals surface area contributed by atoms with Gasteiger partial charge in [-0.2, -0.15) is 0 Å². The van der Waals surface area contributed by atoms with Crippen molar-refractivity contribution < 1.29 is 4.74 Å². The Morgan fingerprint density at radius 3 is 2.50 bits per heavy atom. The van der Waals surface area contributed by atoms with Gasteiger partial charge in [0, 0.05) is 6.54 Å². The number of aliphatic imine (C=N–C) groups is 1. The molecule has 0 bridgehead atoms. The molecule has 0 amide bonds. The van der Waals surface area contributed by atoms with Crippen molar-refractivity contribution in [3.8, 4) is 5.75 Å². The minimum atomic E-state index is 0. The molecule has 2 aromatic carbocycles. The first-order valence-electron chi connectivity index (χ1n) is 7.68. The fourth-order valence-corrected chi connectivity index (χ4v) is 2.24. The molecule has 6 heteroatoms. The number of nitrogens with two attached hydrogens (primary N) is 1. The van der Waals surface area contributed by atoms with Crippen LogP contribution in [0.3, 0.4) is 0 Å². The summed E-state index contributed by atoms with van der Waals surface area (Å²) in [4.78, 5) is 4.37. The number of hydrogen-bond donors (Lipinski definition) is 2. The van der Waals surface area contributed by atoms with Crippen LogP contribution in [0.1, 0.15) is 24.5 Å². The van der Waals surface area contributed by atoms with E-state index in [2.05, 4.69) is 17.2 Å². The van der Waals surface area contributed by atoms with Crippen LogP contribution in [0.4, 0.5) is 0 Å². The molecule has 130 valence electrons. The van der Waals surface area contributed by atoms with Crippen LogP contribution < -0.4 is 15.8 Å². The number of nitrogens with zero attached hydrogens (tertiary/aromatic N) is 1. The van der Waals surface area contributed by atoms with Gasteiger partial charge in [-0.25, -0.2) is 4.99 Å². The first-order valence-corrected chi connectivity index (χ1v) is 8.06. The lowest BCUT2D eigenvalue weighted by Gasteiger charge is -2.11. The molecule has 4 nitrogen and oxygen atoms in total. The van der Waals surface area contributed by atoms with Crippen molar-refractivity contribution in [3.63, 3.8) is 0 Å². The van der Waals surface area contributed by atoms with Crippen molar-refractivity contribution in [2.75, 3.05) is 6.54 Å². The third kappa shape index (κ3) is 6.57. The third-order valence-electron chi connectivity index (χ3n) is 3.31. The average molecular weight is 460 g/mol. The van der Waals surface area contributed by atoms with Gasteiger partial charge in [0.15, 0.2) is 5.96 Å². The molecule has 0 spiro atoms. The first-order chi connectivity index (χ1) is 11.2. The molecule has 0 unspecified atom stereocenters. The van der Waals surface area contributed by atoms with E-state index in [4.69, 9.17) is 22.1 Å². The Hall–Kier alpha value is -1.47. The second-order valence-electron chi connectivity index (χ2n) is 5.12. The molecule has 0 aliphatic carbocycles. The van der Waals surface area contributed by atoms with E-state index >= 15 is 0 Å². The second kappa shape index (κ2) is 11.1. The van der Waals surface area contributed by atoms with Gasteiger partial charge in [0.2, 0.25) is 0 Å². The maximum atomic E-state index is 6.11. The molecule has 0 aromatic heterocycles. The van der Waals surface area contributed by atoms with Gasteiger partial charge in [-0.1, -0.05) is 54.9 Å². The summed E-state index contributed by atoms with van der Waals surface area (Å²) in [7, 11) is 0. The highest BCUT2D eigenvalue weighted by Crippen LogP contribution is 2.24. The molecule has 3 N–H and O–H groups in total. The normalized spacial score (nSPS) is 10.8. The molecule has 0 radical (unpaired) electrons. The number of para-hydroxylation sites is 1. The van der Waals surface area contributed by atoms with Crippen LogP contribution >= 0.6 is 35.6 Å². The van der Waals surface area contributed by atoms with Crippen molar-refractivity contribution in [1.82, 2.24) is 5.32 Å². The molecule has 2 aromatic rings. The number of ether oxygens (including phenoxy) is 1. The number of hydrogen-bond acceptors (Lipinski definition) is 2. The highest BCUT2D eigenvalue weighted by atomic mass is 127. The molecule has 0 heterocycles. The van der Waals surface area contributed by atoms with E-state index in [1.54, 1.807) is 0 Å². The molecular weight excluding hydrogens is 437 g/mol. The SMILES string of the molecule is CCCNC(N)=NCc1ccccc1COc1ccccc1Cl.I. The Kier molecular flexibility index (Phi) is 9.56. The quantitative estimate of drug-likeness (QED) is 0.368. The maximum absolute atomic E-state index is 6.11. The standard InChI is InChI=1S/C18H22ClN3O.HI/c1-2-11-21-18(20)22-12-14-7-3-4-8-15(14)13-23-17-10-6-5-9-16(17)19;/h3-10H,2,11-13H2,1H3,(H3,20,21,22);1H. The van der Waals surface area contributed by atoms with E-state index in [9.17, 15) is 0 Å².